The second-order valence-corrected chi connectivity index (χ2v) is 10.2. The van der Waals surface area contributed by atoms with Gasteiger partial charge in [0.15, 0.2) is 0 Å². The second-order valence-electron chi connectivity index (χ2n) is 10.2. The van der Waals surface area contributed by atoms with Crippen LogP contribution in [0.15, 0.2) is 53.5 Å². The summed E-state index contributed by atoms with van der Waals surface area (Å²) in [5.74, 6) is -2.31. The van der Waals surface area contributed by atoms with E-state index in [1.807, 2.05) is 0 Å². The van der Waals surface area contributed by atoms with Gasteiger partial charge in [-0.1, -0.05) is 25.1 Å². The fourth-order valence-corrected chi connectivity index (χ4v) is 4.51. The number of esters is 1. The topological polar surface area (TPSA) is 99.7 Å². The monoisotopic (exact) mass is 522 g/mol. The van der Waals surface area contributed by atoms with Gasteiger partial charge in [-0.3, -0.25) is 14.5 Å². The van der Waals surface area contributed by atoms with Crippen molar-refractivity contribution < 1.29 is 23.8 Å². The van der Waals surface area contributed by atoms with Gasteiger partial charge in [-0.2, -0.15) is 0 Å². The lowest BCUT2D eigenvalue weighted by Crippen LogP contribution is -2.36. The van der Waals surface area contributed by atoms with E-state index in [1.54, 1.807) is 50.2 Å². The number of benzene rings is 2. The number of H-pyrrole nitrogens is 1. The number of nitrogens with zero attached hydrogens (tertiary/aromatic N) is 1. The molecule has 1 unspecified atom stereocenters. The molecule has 0 bridgehead atoms. The molecule has 0 aliphatic rings. The minimum atomic E-state index is -0.899. The zero-order valence-corrected chi connectivity index (χ0v) is 22.7. The number of carbonyl (C=O) groups excluding carboxylic acids is 1. The summed E-state index contributed by atoms with van der Waals surface area (Å²) in [4.78, 5) is 41.1. The predicted octanol–water partition coefficient (Wildman–Crippen LogP) is 5.59. The van der Waals surface area contributed by atoms with E-state index in [2.05, 4.69) is 37.6 Å². The lowest BCUT2D eigenvalue weighted by atomic mass is 9.93. The van der Waals surface area contributed by atoms with Crippen LogP contribution < -0.4 is 10.3 Å². The summed E-state index contributed by atoms with van der Waals surface area (Å²) in [7, 11) is 0. The number of carboxylic acids is 1. The molecule has 38 heavy (non-hydrogen) atoms. The third kappa shape index (κ3) is 6.95. The average molecular weight is 523 g/mol. The Bertz CT molecular complexity index is 1370. The fourth-order valence-electron chi connectivity index (χ4n) is 4.51. The van der Waals surface area contributed by atoms with Crippen LogP contribution in [-0.2, 0) is 17.8 Å². The van der Waals surface area contributed by atoms with Gasteiger partial charge in [-0.05, 0) is 81.5 Å². The molecule has 0 amide bonds. The molecule has 0 aliphatic heterocycles. The minimum absolute atomic E-state index is 0.166. The maximum atomic E-state index is 14.8. The van der Waals surface area contributed by atoms with Crippen LogP contribution >= 0.6 is 0 Å². The Balaban J connectivity index is 2.03. The van der Waals surface area contributed by atoms with Gasteiger partial charge in [-0.15, -0.1) is 0 Å². The number of aryl methyl sites for hydroxylation is 1. The van der Waals surface area contributed by atoms with E-state index in [0.717, 1.165) is 11.8 Å². The van der Waals surface area contributed by atoms with E-state index in [0.29, 0.717) is 41.0 Å². The van der Waals surface area contributed by atoms with Crippen molar-refractivity contribution in [2.45, 2.75) is 66.6 Å². The van der Waals surface area contributed by atoms with Crippen LogP contribution in [0.1, 0.15) is 61.7 Å². The van der Waals surface area contributed by atoms with Crippen LogP contribution in [0.25, 0.3) is 11.1 Å². The lowest BCUT2D eigenvalue weighted by Gasteiger charge is -2.31. The molecule has 0 saturated heterocycles. The van der Waals surface area contributed by atoms with Gasteiger partial charge >= 0.3 is 11.9 Å². The number of aromatic amines is 1. The Morgan fingerprint density at radius 2 is 1.71 bits per heavy atom. The molecule has 7 nitrogen and oxygen atoms in total. The van der Waals surface area contributed by atoms with Gasteiger partial charge in [0.1, 0.15) is 11.6 Å². The van der Waals surface area contributed by atoms with Crippen molar-refractivity contribution in [3.8, 4) is 16.9 Å². The van der Waals surface area contributed by atoms with Crippen molar-refractivity contribution in [2.75, 3.05) is 0 Å². The van der Waals surface area contributed by atoms with E-state index in [9.17, 15) is 23.9 Å². The van der Waals surface area contributed by atoms with E-state index in [-0.39, 0.29) is 17.6 Å². The molecule has 1 atom stereocenters. The van der Waals surface area contributed by atoms with E-state index >= 15 is 0 Å². The highest BCUT2D eigenvalue weighted by Gasteiger charge is 2.22. The standard InChI is InChI=1S/C30H35FN2O5/c1-17(2)33(18(3)4)16-22-13-24(19(5)11-25(22)26-14-28(34)32-15-27(26)31)30(37)38-23-9-7-8-21(12-23)10-20(6)29(35)36/h7-9,11-15,17-18,20H,10,16H2,1-6H3,(H,32,34)(H,35,36). The number of carboxylic acid groups (broad SMARTS) is 1. The van der Waals surface area contributed by atoms with Gasteiger partial charge in [0.05, 0.1) is 11.5 Å². The smallest absolute Gasteiger partial charge is 0.343 e. The molecule has 3 rings (SSSR count). The molecule has 2 N–H and O–H groups in total. The largest absolute Gasteiger partial charge is 0.481 e. The number of aliphatic carboxylic acids is 1. The average Bonchev–Trinajstić information content (AvgIpc) is 2.84. The van der Waals surface area contributed by atoms with Crippen LogP contribution in [-0.4, -0.2) is 39.0 Å². The van der Waals surface area contributed by atoms with Gasteiger partial charge in [0.2, 0.25) is 5.56 Å². The van der Waals surface area contributed by atoms with Crippen molar-refractivity contribution in [2.24, 2.45) is 5.92 Å². The maximum absolute atomic E-state index is 14.8. The Morgan fingerprint density at radius 1 is 1.03 bits per heavy atom. The Labute approximate surface area is 222 Å². The molecular formula is C30H35FN2O5. The number of halogens is 1. The predicted molar refractivity (Wildman–Crippen MR) is 145 cm³/mol. The Hall–Kier alpha value is -3.78. The number of ether oxygens (including phenoxy) is 1. The van der Waals surface area contributed by atoms with E-state index < -0.39 is 29.2 Å². The number of nitrogens with one attached hydrogen (secondary N) is 1. The summed E-state index contributed by atoms with van der Waals surface area (Å²) in [6.07, 6.45) is 1.35. The fraction of sp³-hybridized carbons (Fsp3) is 0.367. The van der Waals surface area contributed by atoms with Crippen LogP contribution in [0.2, 0.25) is 0 Å². The van der Waals surface area contributed by atoms with Crippen molar-refractivity contribution in [3.05, 3.63) is 87.1 Å². The SMILES string of the molecule is Cc1cc(-c2cc(=O)[nH]cc2F)c(CN(C(C)C)C(C)C)cc1C(=O)Oc1cccc(CC(C)C(=O)O)c1. The van der Waals surface area contributed by atoms with Crippen molar-refractivity contribution in [3.63, 3.8) is 0 Å². The molecule has 3 aromatic rings. The summed E-state index contributed by atoms with van der Waals surface area (Å²) in [6, 6.07) is 11.8. The van der Waals surface area contributed by atoms with Crippen LogP contribution in [0.4, 0.5) is 4.39 Å². The molecular weight excluding hydrogens is 487 g/mol. The summed E-state index contributed by atoms with van der Waals surface area (Å²) in [5, 5.41) is 9.20. The quantitative estimate of drug-likeness (QED) is 0.266. The summed E-state index contributed by atoms with van der Waals surface area (Å²) < 4.78 is 20.5. The van der Waals surface area contributed by atoms with E-state index in [1.165, 1.54) is 6.07 Å². The van der Waals surface area contributed by atoms with Gasteiger partial charge in [0, 0.05) is 36.5 Å². The van der Waals surface area contributed by atoms with Crippen LogP contribution in [0.3, 0.4) is 0 Å². The highest BCUT2D eigenvalue weighted by Crippen LogP contribution is 2.31. The van der Waals surface area contributed by atoms with Crippen LogP contribution in [0.5, 0.6) is 5.75 Å². The first-order chi connectivity index (χ1) is 17.9. The number of carbonyl (C=O) groups is 2. The highest BCUT2D eigenvalue weighted by atomic mass is 19.1. The van der Waals surface area contributed by atoms with Gasteiger partial charge < -0.3 is 14.8 Å². The minimum Gasteiger partial charge on any atom is -0.481 e. The number of pyridine rings is 1. The molecule has 0 spiro atoms. The molecule has 0 saturated carbocycles. The first-order valence-corrected chi connectivity index (χ1v) is 12.7. The first-order valence-electron chi connectivity index (χ1n) is 12.7. The number of hydrogen-bond donors (Lipinski definition) is 2. The molecule has 1 heterocycles. The lowest BCUT2D eigenvalue weighted by molar-refractivity contribution is -0.141. The van der Waals surface area contributed by atoms with E-state index in [4.69, 9.17) is 4.74 Å². The molecule has 8 heteroatoms. The second kappa shape index (κ2) is 12.2. The Kier molecular flexibility index (Phi) is 9.22. The third-order valence-corrected chi connectivity index (χ3v) is 6.59. The maximum Gasteiger partial charge on any atom is 0.343 e. The Morgan fingerprint density at radius 3 is 2.34 bits per heavy atom. The zero-order chi connectivity index (χ0) is 28.1. The molecule has 0 radical (unpaired) electrons. The number of rotatable bonds is 10. The number of hydrogen-bond acceptors (Lipinski definition) is 5. The van der Waals surface area contributed by atoms with Crippen molar-refractivity contribution in [1.29, 1.82) is 0 Å². The molecule has 0 aliphatic carbocycles. The normalized spacial score (nSPS) is 12.3. The summed E-state index contributed by atoms with van der Waals surface area (Å²) in [5.41, 5.74) is 2.62. The molecule has 202 valence electrons. The summed E-state index contributed by atoms with van der Waals surface area (Å²) >= 11 is 0. The molecule has 1 aromatic heterocycles. The third-order valence-electron chi connectivity index (χ3n) is 6.59. The highest BCUT2D eigenvalue weighted by molar-refractivity contribution is 5.94. The van der Waals surface area contributed by atoms with Crippen molar-refractivity contribution in [1.82, 2.24) is 9.88 Å². The van der Waals surface area contributed by atoms with Crippen LogP contribution in [0, 0.1) is 18.7 Å². The molecule has 0 fully saturated rings. The van der Waals surface area contributed by atoms with Gasteiger partial charge in [-0.25, -0.2) is 9.18 Å². The van der Waals surface area contributed by atoms with Gasteiger partial charge in [0.25, 0.3) is 0 Å². The van der Waals surface area contributed by atoms with Crippen molar-refractivity contribution >= 4 is 11.9 Å². The molecule has 2 aromatic carbocycles. The first kappa shape index (κ1) is 28.8. The number of aromatic nitrogens is 1. The summed E-state index contributed by atoms with van der Waals surface area (Å²) in [6.45, 7) is 12.0. The zero-order valence-electron chi connectivity index (χ0n) is 22.7.